The van der Waals surface area contributed by atoms with Crippen molar-refractivity contribution < 1.29 is 19.6 Å². The van der Waals surface area contributed by atoms with Crippen molar-refractivity contribution in [2.24, 2.45) is 10.4 Å². The van der Waals surface area contributed by atoms with Crippen LogP contribution in [0, 0.1) is 0 Å². The van der Waals surface area contributed by atoms with Crippen LogP contribution >= 0.6 is 0 Å². The highest BCUT2D eigenvalue weighted by Gasteiger charge is 2.16. The number of carboxylic acids is 1. The number of anilines is 2. The summed E-state index contributed by atoms with van der Waals surface area (Å²) in [6, 6.07) is 15.4. The molecule has 8 heteroatoms. The minimum Gasteiger partial charge on any atom is -0.478 e. The van der Waals surface area contributed by atoms with Gasteiger partial charge in [-0.1, -0.05) is 30.3 Å². The van der Waals surface area contributed by atoms with Gasteiger partial charge in [-0.3, -0.25) is 9.68 Å². The molecule has 120 valence electrons. The van der Waals surface area contributed by atoms with Crippen molar-refractivity contribution in [3.63, 3.8) is 0 Å². The fourth-order valence-electron chi connectivity index (χ4n) is 1.83. The number of aromatic carboxylic acids is 1. The molecule has 2 aromatic rings. The van der Waals surface area contributed by atoms with Gasteiger partial charge in [-0.05, 0) is 34.7 Å². The first-order valence-corrected chi connectivity index (χ1v) is 6.64. The van der Waals surface area contributed by atoms with E-state index in [-0.39, 0.29) is 11.3 Å². The third-order valence-electron chi connectivity index (χ3n) is 2.87. The lowest BCUT2D eigenvalue weighted by atomic mass is 10.2. The summed E-state index contributed by atoms with van der Waals surface area (Å²) < 4.78 is 0. The van der Waals surface area contributed by atoms with Crippen molar-refractivity contribution in [3.05, 3.63) is 60.2 Å². The molecule has 2 aromatic carbocycles. The second-order valence-electron chi connectivity index (χ2n) is 4.25. The summed E-state index contributed by atoms with van der Waals surface area (Å²) in [5.74, 6) is -1.09. The minimum absolute atomic E-state index is 0.0389. The molecular weight excluding hydrogens is 300 g/mol. The summed E-state index contributed by atoms with van der Waals surface area (Å²) in [6.45, 7) is 0. The van der Waals surface area contributed by atoms with Gasteiger partial charge in [-0.25, -0.2) is 4.79 Å². The predicted molar refractivity (Wildman–Crippen MR) is 83.7 cm³/mol. The lowest BCUT2D eigenvalue weighted by Gasteiger charge is -2.18. The van der Waals surface area contributed by atoms with Crippen LogP contribution in [0.4, 0.5) is 11.4 Å². The highest BCUT2D eigenvalue weighted by molar-refractivity contribution is 5.94. The Morgan fingerprint density at radius 2 is 1.48 bits per heavy atom. The van der Waals surface area contributed by atoms with Gasteiger partial charge in [0.05, 0.1) is 25.5 Å². The molecule has 0 saturated carbocycles. The molecule has 1 N–H and O–H groups in total. The molecule has 0 aliphatic rings. The van der Waals surface area contributed by atoms with Crippen molar-refractivity contribution in [2.75, 3.05) is 24.6 Å². The van der Waals surface area contributed by atoms with E-state index in [2.05, 4.69) is 10.4 Å². The molecule has 0 spiro atoms. The Morgan fingerprint density at radius 1 is 0.913 bits per heavy atom. The summed E-state index contributed by atoms with van der Waals surface area (Å²) in [5.41, 5.74) is 0.939. The van der Waals surface area contributed by atoms with Gasteiger partial charge in [0.2, 0.25) is 0 Å². The Balaban J connectivity index is 2.27. The minimum atomic E-state index is -1.09. The van der Waals surface area contributed by atoms with Gasteiger partial charge in [-0.15, -0.1) is 10.3 Å². The second-order valence-corrected chi connectivity index (χ2v) is 4.25. The first-order valence-electron chi connectivity index (χ1n) is 6.64. The molecule has 8 nitrogen and oxygen atoms in total. The smallest absolute Gasteiger partial charge is 0.337 e. The van der Waals surface area contributed by atoms with E-state index in [0.29, 0.717) is 5.69 Å². The maximum atomic E-state index is 11.3. The first-order chi connectivity index (χ1) is 11.2. The molecule has 0 aliphatic carbocycles. The summed E-state index contributed by atoms with van der Waals surface area (Å²) in [7, 11) is 2.80. The van der Waals surface area contributed by atoms with Crippen LogP contribution in [0.1, 0.15) is 10.4 Å². The van der Waals surface area contributed by atoms with Gasteiger partial charge < -0.3 is 5.11 Å². The fourth-order valence-corrected chi connectivity index (χ4v) is 1.83. The number of benzene rings is 2. The van der Waals surface area contributed by atoms with Crippen molar-refractivity contribution >= 4 is 17.3 Å². The van der Waals surface area contributed by atoms with Crippen molar-refractivity contribution in [1.82, 2.24) is 0 Å². The fraction of sp³-hybridized carbons (Fsp3) is 0.133. The second kappa shape index (κ2) is 7.87. The van der Waals surface area contributed by atoms with Crippen molar-refractivity contribution in [2.45, 2.75) is 0 Å². The van der Waals surface area contributed by atoms with E-state index in [1.165, 1.54) is 25.5 Å². The van der Waals surface area contributed by atoms with Crippen LogP contribution in [0.3, 0.4) is 0 Å². The summed E-state index contributed by atoms with van der Waals surface area (Å²) in [5, 5.41) is 19.2. The number of rotatable bonds is 7. The van der Waals surface area contributed by atoms with Crippen molar-refractivity contribution in [3.8, 4) is 0 Å². The van der Waals surface area contributed by atoms with E-state index in [0.717, 1.165) is 5.17 Å². The van der Waals surface area contributed by atoms with Crippen molar-refractivity contribution in [1.29, 1.82) is 0 Å². The number of carboxylic acid groups (broad SMARTS) is 1. The largest absolute Gasteiger partial charge is 0.478 e. The molecule has 23 heavy (non-hydrogen) atoms. The molecule has 0 fully saturated rings. The molecule has 0 aromatic heterocycles. The summed E-state index contributed by atoms with van der Waals surface area (Å²) in [4.78, 5) is 21.5. The average Bonchev–Trinajstić information content (AvgIpc) is 2.60. The molecule has 0 saturated heterocycles. The van der Waals surface area contributed by atoms with E-state index in [4.69, 9.17) is 9.68 Å². The number of hydrogen-bond acceptors (Lipinski definition) is 5. The van der Waals surface area contributed by atoms with Crippen LogP contribution in [-0.4, -0.2) is 25.3 Å². The molecule has 0 radical (unpaired) electrons. The van der Waals surface area contributed by atoms with E-state index in [1.807, 2.05) is 18.2 Å². The standard InChI is InChI=1S/C15H16N4O4/c1-22-18(12-8-4-3-5-9-12)16-17-19(23-2)14-11-7-6-10-13(14)15(20)21/h3-11H,1-2H3,(H,20,21). The van der Waals surface area contributed by atoms with Crippen LogP contribution in [0.25, 0.3) is 0 Å². The quantitative estimate of drug-likeness (QED) is 0.624. The number of hydrogen-bond donors (Lipinski definition) is 1. The molecule has 0 aliphatic heterocycles. The lowest BCUT2D eigenvalue weighted by molar-refractivity contribution is 0.0693. The molecule has 2 rings (SSSR count). The van der Waals surface area contributed by atoms with Crippen LogP contribution < -0.4 is 10.3 Å². The lowest BCUT2D eigenvalue weighted by Crippen LogP contribution is -2.20. The maximum absolute atomic E-state index is 11.3. The van der Waals surface area contributed by atoms with E-state index < -0.39 is 5.97 Å². The zero-order valence-electron chi connectivity index (χ0n) is 12.7. The van der Waals surface area contributed by atoms with Gasteiger partial charge in [-0.2, -0.15) is 0 Å². The summed E-state index contributed by atoms with van der Waals surface area (Å²) >= 11 is 0. The van der Waals surface area contributed by atoms with E-state index in [9.17, 15) is 9.90 Å². The highest BCUT2D eigenvalue weighted by atomic mass is 16.7. The van der Waals surface area contributed by atoms with Crippen LogP contribution in [0.15, 0.2) is 65.0 Å². The topological polar surface area (TPSA) is 87.0 Å². The van der Waals surface area contributed by atoms with E-state index in [1.54, 1.807) is 30.3 Å². The van der Waals surface area contributed by atoms with E-state index >= 15 is 0 Å². The normalized spacial score (nSPS) is 10.7. The van der Waals surface area contributed by atoms with Crippen LogP contribution in [-0.2, 0) is 9.68 Å². The molecule has 0 atom stereocenters. The molecule has 0 unspecified atom stereocenters. The summed E-state index contributed by atoms with van der Waals surface area (Å²) in [6.07, 6.45) is 0. The Hall–Kier alpha value is -2.97. The van der Waals surface area contributed by atoms with Crippen LogP contribution in [0.2, 0.25) is 0 Å². The van der Waals surface area contributed by atoms with Gasteiger partial charge >= 0.3 is 5.97 Å². The maximum Gasteiger partial charge on any atom is 0.337 e. The number of para-hydroxylation sites is 2. The number of carbonyl (C=O) groups is 1. The van der Waals surface area contributed by atoms with Gasteiger partial charge in [0.15, 0.2) is 0 Å². The average molecular weight is 316 g/mol. The zero-order valence-corrected chi connectivity index (χ0v) is 12.7. The molecular formula is C15H16N4O4. The van der Waals surface area contributed by atoms with Gasteiger partial charge in [0.25, 0.3) is 0 Å². The molecule has 0 amide bonds. The molecule has 0 bridgehead atoms. The van der Waals surface area contributed by atoms with Gasteiger partial charge in [0.1, 0.15) is 5.69 Å². The Bertz CT molecular complexity index is 678. The molecule has 0 heterocycles. The number of nitrogens with zero attached hydrogens (tertiary/aromatic N) is 4. The first kappa shape index (κ1) is 16.4. The third kappa shape index (κ3) is 4.02. The highest BCUT2D eigenvalue weighted by Crippen LogP contribution is 2.22. The predicted octanol–water partition coefficient (Wildman–Crippen LogP) is 3.10. The Labute approximate surface area is 133 Å². The third-order valence-corrected chi connectivity index (χ3v) is 2.87. The van der Waals surface area contributed by atoms with Gasteiger partial charge in [0, 0.05) is 0 Å². The monoisotopic (exact) mass is 316 g/mol. The van der Waals surface area contributed by atoms with Crippen LogP contribution in [0.5, 0.6) is 0 Å². The SMILES string of the molecule is CON(N=NN(OC)c1ccccc1C(=O)O)c1ccccc1. The Kier molecular flexibility index (Phi) is 5.61. The zero-order chi connectivity index (χ0) is 16.7. The Morgan fingerprint density at radius 3 is 2.09 bits per heavy atom.